The first-order valence-corrected chi connectivity index (χ1v) is 7.70. The van der Waals surface area contributed by atoms with Crippen LogP contribution < -0.4 is 11.1 Å². The number of anilines is 2. The zero-order valence-corrected chi connectivity index (χ0v) is 13.3. The van der Waals surface area contributed by atoms with E-state index in [0.29, 0.717) is 4.99 Å². The van der Waals surface area contributed by atoms with Crippen LogP contribution in [0.15, 0.2) is 18.2 Å². The van der Waals surface area contributed by atoms with Gasteiger partial charge < -0.3 is 11.1 Å². The zero-order valence-electron chi connectivity index (χ0n) is 12.4. The Balaban J connectivity index is 2.04. The van der Waals surface area contributed by atoms with Crippen molar-refractivity contribution in [1.29, 1.82) is 0 Å². The normalized spacial score (nSPS) is 13.8. The largest absolute Gasteiger partial charge is 0.389 e. The molecule has 5 heteroatoms. The molecule has 3 N–H and O–H groups in total. The highest BCUT2D eigenvalue weighted by atomic mass is 32.1. The summed E-state index contributed by atoms with van der Waals surface area (Å²) >= 11 is 5.17. The van der Waals surface area contributed by atoms with Crippen LogP contribution in [0.5, 0.6) is 0 Å². The molecule has 0 atom stereocenters. The van der Waals surface area contributed by atoms with Crippen LogP contribution in [0.1, 0.15) is 35.2 Å². The number of benzene rings is 1. The maximum atomic E-state index is 5.86. The highest BCUT2D eigenvalue weighted by Gasteiger charge is 2.18. The molecule has 0 saturated heterocycles. The fraction of sp³-hybridized carbons (Fsp3) is 0.375. The molecule has 0 aliphatic heterocycles. The third-order valence-corrected chi connectivity index (χ3v) is 4.32. The third kappa shape index (κ3) is 2.53. The number of nitrogens with one attached hydrogen (secondary N) is 1. The average Bonchev–Trinajstić information content (AvgIpc) is 2.73. The molecule has 21 heavy (non-hydrogen) atoms. The topological polar surface area (TPSA) is 55.9 Å². The van der Waals surface area contributed by atoms with Gasteiger partial charge in [0.15, 0.2) is 0 Å². The summed E-state index contributed by atoms with van der Waals surface area (Å²) in [6.07, 6.45) is 4.81. The predicted octanol–water partition coefficient (Wildman–Crippen LogP) is 2.99. The number of rotatable bonds is 3. The van der Waals surface area contributed by atoms with Crippen molar-refractivity contribution in [2.45, 2.75) is 32.6 Å². The van der Waals surface area contributed by atoms with E-state index in [4.69, 9.17) is 18.0 Å². The van der Waals surface area contributed by atoms with Crippen LogP contribution >= 0.6 is 12.2 Å². The van der Waals surface area contributed by atoms with Gasteiger partial charge in [0, 0.05) is 12.7 Å². The Morgan fingerprint density at radius 2 is 2.10 bits per heavy atom. The van der Waals surface area contributed by atoms with E-state index in [1.165, 1.54) is 24.0 Å². The monoisotopic (exact) mass is 300 g/mol. The van der Waals surface area contributed by atoms with E-state index in [1.807, 2.05) is 18.7 Å². The minimum absolute atomic E-state index is 0.382. The van der Waals surface area contributed by atoms with Crippen LogP contribution in [-0.2, 0) is 19.9 Å². The molecule has 4 nitrogen and oxygen atoms in total. The molecule has 0 fully saturated rings. The summed E-state index contributed by atoms with van der Waals surface area (Å²) < 4.78 is 1.81. The van der Waals surface area contributed by atoms with Crippen molar-refractivity contribution >= 4 is 28.7 Å². The lowest BCUT2D eigenvalue weighted by molar-refractivity contribution is 0.686. The second-order valence-corrected chi connectivity index (χ2v) is 6.01. The standard InChI is InChI=1S/C16H20N4S/c1-10-14(15(17)21)16(20(2)19-10)18-13-9-5-7-11-6-3-4-8-12(11)13/h5,7,9,18H,3-4,6,8H2,1-2H3,(H2,17,21). The second kappa shape index (κ2) is 5.48. The van der Waals surface area contributed by atoms with Crippen molar-refractivity contribution in [2.75, 3.05) is 5.32 Å². The average molecular weight is 300 g/mol. The maximum Gasteiger partial charge on any atom is 0.138 e. The Morgan fingerprint density at radius 3 is 2.86 bits per heavy atom. The third-order valence-electron chi connectivity index (χ3n) is 4.12. The van der Waals surface area contributed by atoms with Crippen molar-refractivity contribution in [2.24, 2.45) is 12.8 Å². The Bertz CT molecular complexity index is 703. The number of hydrogen-bond donors (Lipinski definition) is 2. The predicted molar refractivity (Wildman–Crippen MR) is 90.2 cm³/mol. The molecule has 1 aliphatic carbocycles. The molecule has 0 spiro atoms. The summed E-state index contributed by atoms with van der Waals surface area (Å²) in [5.41, 5.74) is 11.6. The first-order valence-electron chi connectivity index (χ1n) is 7.29. The molecule has 0 radical (unpaired) electrons. The van der Waals surface area contributed by atoms with Gasteiger partial charge in [-0.3, -0.25) is 4.68 Å². The lowest BCUT2D eigenvalue weighted by atomic mass is 9.90. The molecule has 1 heterocycles. The molecular weight excluding hydrogens is 280 g/mol. The van der Waals surface area contributed by atoms with E-state index >= 15 is 0 Å². The van der Waals surface area contributed by atoms with E-state index in [1.54, 1.807) is 0 Å². The lowest BCUT2D eigenvalue weighted by Gasteiger charge is -2.20. The Labute approximate surface area is 130 Å². The van der Waals surface area contributed by atoms with E-state index in [-0.39, 0.29) is 0 Å². The highest BCUT2D eigenvalue weighted by Crippen LogP contribution is 2.31. The Morgan fingerprint density at radius 1 is 1.33 bits per heavy atom. The van der Waals surface area contributed by atoms with Crippen molar-refractivity contribution in [3.05, 3.63) is 40.6 Å². The first kappa shape index (κ1) is 14.1. The molecule has 1 aliphatic rings. The number of nitrogens with two attached hydrogens (primary N) is 1. The summed E-state index contributed by atoms with van der Waals surface area (Å²) in [7, 11) is 1.91. The first-order chi connectivity index (χ1) is 10.1. The molecule has 2 aromatic rings. The Hall–Kier alpha value is -1.88. The van der Waals surface area contributed by atoms with Crippen molar-refractivity contribution in [3.8, 4) is 0 Å². The summed E-state index contributed by atoms with van der Waals surface area (Å²) in [4.78, 5) is 0.382. The van der Waals surface area contributed by atoms with Crippen molar-refractivity contribution < 1.29 is 0 Å². The fourth-order valence-electron chi connectivity index (χ4n) is 3.12. The fourth-order valence-corrected chi connectivity index (χ4v) is 3.37. The molecule has 1 aromatic heterocycles. The lowest BCUT2D eigenvalue weighted by Crippen LogP contribution is -2.14. The van der Waals surface area contributed by atoms with E-state index in [9.17, 15) is 0 Å². The molecule has 1 aromatic carbocycles. The molecule has 0 amide bonds. The van der Waals surface area contributed by atoms with Crippen LogP contribution in [0.4, 0.5) is 11.5 Å². The van der Waals surface area contributed by atoms with Crippen LogP contribution in [0.3, 0.4) is 0 Å². The summed E-state index contributed by atoms with van der Waals surface area (Å²) in [5, 5.41) is 7.93. The molecule has 110 valence electrons. The van der Waals surface area contributed by atoms with Gasteiger partial charge in [0.05, 0.1) is 11.3 Å². The molecule has 3 rings (SSSR count). The van der Waals surface area contributed by atoms with E-state index in [0.717, 1.165) is 35.6 Å². The van der Waals surface area contributed by atoms with Gasteiger partial charge in [-0.25, -0.2) is 0 Å². The second-order valence-electron chi connectivity index (χ2n) is 5.57. The van der Waals surface area contributed by atoms with Gasteiger partial charge in [-0.15, -0.1) is 0 Å². The summed E-state index contributed by atoms with van der Waals surface area (Å²) in [6, 6.07) is 6.45. The quantitative estimate of drug-likeness (QED) is 0.856. The van der Waals surface area contributed by atoms with Gasteiger partial charge in [0.2, 0.25) is 0 Å². The molecule has 0 bridgehead atoms. The van der Waals surface area contributed by atoms with Crippen LogP contribution in [-0.4, -0.2) is 14.8 Å². The zero-order chi connectivity index (χ0) is 15.0. The minimum Gasteiger partial charge on any atom is -0.389 e. The van der Waals surface area contributed by atoms with Crippen LogP contribution in [0.25, 0.3) is 0 Å². The van der Waals surface area contributed by atoms with Crippen molar-refractivity contribution in [1.82, 2.24) is 9.78 Å². The summed E-state index contributed by atoms with van der Waals surface area (Å²) in [5.74, 6) is 0.874. The smallest absolute Gasteiger partial charge is 0.138 e. The molecule has 0 unspecified atom stereocenters. The number of thiocarbonyl (C=S) groups is 1. The van der Waals surface area contributed by atoms with Gasteiger partial charge in [-0.05, 0) is 49.8 Å². The minimum atomic E-state index is 0.382. The van der Waals surface area contributed by atoms with Crippen LogP contribution in [0, 0.1) is 6.92 Å². The van der Waals surface area contributed by atoms with E-state index < -0.39 is 0 Å². The van der Waals surface area contributed by atoms with Crippen molar-refractivity contribution in [3.63, 3.8) is 0 Å². The van der Waals surface area contributed by atoms with E-state index in [2.05, 4.69) is 28.6 Å². The molecule has 0 saturated carbocycles. The van der Waals surface area contributed by atoms with Crippen LogP contribution in [0.2, 0.25) is 0 Å². The summed E-state index contributed by atoms with van der Waals surface area (Å²) in [6.45, 7) is 1.93. The van der Waals surface area contributed by atoms with Gasteiger partial charge in [-0.1, -0.05) is 24.4 Å². The number of fused-ring (bicyclic) bond motifs is 1. The maximum absolute atomic E-state index is 5.86. The van der Waals surface area contributed by atoms with Gasteiger partial charge in [0.25, 0.3) is 0 Å². The number of aryl methyl sites for hydroxylation is 3. The van der Waals surface area contributed by atoms with Gasteiger partial charge in [0.1, 0.15) is 10.8 Å². The highest BCUT2D eigenvalue weighted by molar-refractivity contribution is 7.80. The Kier molecular flexibility index (Phi) is 3.68. The number of nitrogens with zero attached hydrogens (tertiary/aromatic N) is 2. The molecular formula is C16H20N4S. The van der Waals surface area contributed by atoms with Gasteiger partial charge in [-0.2, -0.15) is 5.10 Å². The number of aromatic nitrogens is 2. The SMILES string of the molecule is Cc1nn(C)c(Nc2cccc3c2CCCC3)c1C(N)=S. The van der Waals surface area contributed by atoms with Gasteiger partial charge >= 0.3 is 0 Å². The number of hydrogen-bond acceptors (Lipinski definition) is 3.